The van der Waals surface area contributed by atoms with E-state index in [2.05, 4.69) is 66.4 Å². The molecule has 6 aromatic rings. The first-order chi connectivity index (χ1) is 42.5. The predicted molar refractivity (Wildman–Crippen MR) is 346 cm³/mol. The van der Waals surface area contributed by atoms with Gasteiger partial charge in [-0.1, -0.05) is 24.3 Å². The SMILES string of the molecule is CO.Cc1cnc(Cc2ccc(C(=O)CC3CCN(C)CC3)cc2N)nc1N1CCN(C(=O)Nc2ccc(C#N)cc2)CC1.Cc1cnc(Cc2ccc(C(=O)CC3CCN(C)CC3)cc2[N+](=O)[O-])nc1N1CCN(C(=O)Nc2ccc(C#N)cc2)CC1.[CH3-].[HH].[Pd]. The number of rotatable bonds is 15. The maximum atomic E-state index is 13.0. The number of benzene rings is 4. The van der Waals surface area contributed by atoms with E-state index in [1.807, 2.05) is 32.2 Å². The predicted octanol–water partition coefficient (Wildman–Crippen LogP) is 8.83. The zero-order valence-corrected chi connectivity index (χ0v) is 53.7. The van der Waals surface area contributed by atoms with E-state index < -0.39 is 4.92 Å². The Morgan fingerprint density at radius 2 is 0.989 bits per heavy atom. The standard InChI is InChI=1S/C32H36N8O4.C32H38N8O2.CH4O.CH3.Pd.H2/c1-22-21-34-30(19-25-5-6-26(18-28(25)40(43)44)29(41)17-23-9-11-37(2)12-10-23)36-31(22)38-13-15-39(16-14-38)32(42)35-27-7-3-24(20-33)4-8-27;1-22-21-35-30(19-25-5-6-26(18-28(25)34)29(41)17-23-9-11-38(2)12-10-23)37-31(22)39-13-15-40(16-14-39)32(42)36-27-7-3-24(20-33)4-8-27;1-2;;;/h3-8,18,21,23H,9-17,19H2,1-2H3,(H,35,42);3-8,18,21,23H,9-17,19,34H2,1-2H3,(H,36,42);2H,1H3;1H3;;1H/q;;;-1;;. The zero-order valence-electron chi connectivity index (χ0n) is 52.1. The van der Waals surface area contributed by atoms with Crippen molar-refractivity contribution in [3.63, 3.8) is 0 Å². The van der Waals surface area contributed by atoms with Gasteiger partial charge in [-0.3, -0.25) is 19.7 Å². The molecule has 10 rings (SSSR count). The molecule has 0 bridgehead atoms. The third kappa shape index (κ3) is 19.1. The van der Waals surface area contributed by atoms with Crippen molar-refractivity contribution in [3.05, 3.63) is 171 Å². The first kappa shape index (κ1) is 70.3. The number of nitriles is 2. The number of nitro groups is 1. The molecular formula is C66H83N16O7Pd-. The number of aryl methyl sites for hydroxylation is 2. The fraction of sp³-hybridized carbons (Fsp3) is 0.409. The molecule has 4 aromatic carbocycles. The Labute approximate surface area is 542 Å². The van der Waals surface area contributed by atoms with Crippen LogP contribution in [-0.2, 0) is 33.3 Å². The van der Waals surface area contributed by atoms with Gasteiger partial charge in [0.05, 0.1) is 28.2 Å². The van der Waals surface area contributed by atoms with Crippen LogP contribution in [0.5, 0.6) is 0 Å². The maximum Gasteiger partial charge on any atom is 0.321 e. The Morgan fingerprint density at radius 3 is 1.37 bits per heavy atom. The Kier molecular flexibility index (Phi) is 26.4. The molecule has 4 fully saturated rings. The molecule has 24 heteroatoms. The number of hydrogen-bond acceptors (Lipinski definition) is 18. The Balaban J connectivity index is 0.000000312. The Bertz CT molecular complexity index is 3520. The molecule has 23 nitrogen and oxygen atoms in total. The normalized spacial score (nSPS) is 15.4. The smallest absolute Gasteiger partial charge is 0.321 e. The van der Waals surface area contributed by atoms with Crippen LogP contribution < -0.4 is 26.2 Å². The van der Waals surface area contributed by atoms with Crippen molar-refractivity contribution in [2.75, 3.05) is 126 Å². The molecule has 0 unspecified atom stereocenters. The van der Waals surface area contributed by atoms with Gasteiger partial charge in [-0.15, -0.1) is 0 Å². The molecule has 6 heterocycles. The van der Waals surface area contributed by atoms with Crippen molar-refractivity contribution in [2.45, 2.75) is 65.2 Å². The van der Waals surface area contributed by atoms with E-state index >= 15 is 0 Å². The molecule has 90 heavy (non-hydrogen) atoms. The summed E-state index contributed by atoms with van der Waals surface area (Å²) in [6.45, 7) is 12.4. The summed E-state index contributed by atoms with van der Waals surface area (Å²) < 4.78 is 0. The van der Waals surface area contributed by atoms with Gasteiger partial charge < -0.3 is 58.3 Å². The van der Waals surface area contributed by atoms with Crippen LogP contribution in [0.4, 0.5) is 44.0 Å². The van der Waals surface area contributed by atoms with Gasteiger partial charge >= 0.3 is 12.1 Å². The third-order valence-corrected chi connectivity index (χ3v) is 16.6. The molecule has 4 aliphatic heterocycles. The van der Waals surface area contributed by atoms with Gasteiger partial charge in [0.15, 0.2) is 11.6 Å². The van der Waals surface area contributed by atoms with Crippen LogP contribution in [-0.4, -0.2) is 173 Å². The summed E-state index contributed by atoms with van der Waals surface area (Å²) in [4.78, 5) is 94.0. The Hall–Kier alpha value is -8.76. The van der Waals surface area contributed by atoms with E-state index in [-0.39, 0.29) is 65.0 Å². The molecule has 4 aliphatic rings. The molecule has 0 saturated carbocycles. The summed E-state index contributed by atoms with van der Waals surface area (Å²) in [6.07, 6.45) is 9.17. The van der Waals surface area contributed by atoms with Crippen molar-refractivity contribution in [3.8, 4) is 12.1 Å². The number of Topliss-reactive ketones (excluding diaryl/α,β-unsaturated/α-hetero) is 2. The number of nitrogens with one attached hydrogen (secondary N) is 2. The molecule has 0 aliphatic carbocycles. The number of nitro benzene ring substituents is 1. The molecule has 5 N–H and O–H groups in total. The van der Waals surface area contributed by atoms with Gasteiger partial charge in [-0.2, -0.15) is 10.5 Å². The molecular weight excluding hydrogens is 1240 g/mol. The summed E-state index contributed by atoms with van der Waals surface area (Å²) in [5, 5.41) is 42.7. The van der Waals surface area contributed by atoms with Crippen LogP contribution in [0.2, 0.25) is 0 Å². The number of aromatic nitrogens is 4. The average molecular weight is 1320 g/mol. The molecule has 480 valence electrons. The van der Waals surface area contributed by atoms with Gasteiger partial charge in [0.1, 0.15) is 23.3 Å². The molecule has 0 radical (unpaired) electrons. The second-order valence-electron chi connectivity index (χ2n) is 22.9. The largest absolute Gasteiger partial charge is 0.400 e. The summed E-state index contributed by atoms with van der Waals surface area (Å²) in [7, 11) is 5.20. The van der Waals surface area contributed by atoms with E-state index in [4.69, 9.17) is 31.3 Å². The van der Waals surface area contributed by atoms with E-state index in [0.717, 1.165) is 87.3 Å². The quantitative estimate of drug-likeness (QED) is 0.0186. The minimum absolute atomic E-state index is 0. The number of piperazine rings is 2. The number of aliphatic hydroxyl groups excluding tert-OH is 1. The first-order valence-electron chi connectivity index (χ1n) is 29.8. The van der Waals surface area contributed by atoms with E-state index in [0.29, 0.717) is 140 Å². The van der Waals surface area contributed by atoms with Crippen molar-refractivity contribution in [1.29, 1.82) is 10.5 Å². The third-order valence-electron chi connectivity index (χ3n) is 16.6. The van der Waals surface area contributed by atoms with Crippen LogP contribution in [0, 0.1) is 65.9 Å². The van der Waals surface area contributed by atoms with Crippen molar-refractivity contribution in [1.82, 2.24) is 39.5 Å². The topological polar surface area (TPSA) is 300 Å². The number of likely N-dealkylation sites (tertiary alicyclic amines) is 2. The molecule has 2 aromatic heterocycles. The van der Waals surface area contributed by atoms with Gasteiger partial charge in [-0.25, -0.2) is 29.5 Å². The number of ketones is 2. The van der Waals surface area contributed by atoms with Crippen LogP contribution in [0.15, 0.2) is 97.3 Å². The van der Waals surface area contributed by atoms with Crippen molar-refractivity contribution >= 4 is 58.0 Å². The number of aliphatic hydroxyl groups is 1. The number of nitrogen functional groups attached to an aromatic ring is 1. The summed E-state index contributed by atoms with van der Waals surface area (Å²) in [6, 6.07) is 27.6. The van der Waals surface area contributed by atoms with Crippen LogP contribution in [0.3, 0.4) is 0 Å². The summed E-state index contributed by atoms with van der Waals surface area (Å²) >= 11 is 0. The number of anilines is 5. The van der Waals surface area contributed by atoms with E-state index in [9.17, 15) is 29.3 Å². The average Bonchev–Trinajstić information content (AvgIpc) is 3.13. The minimum atomic E-state index is -0.446. The number of piperidine rings is 2. The number of carbonyl (C=O) groups is 4. The second-order valence-corrected chi connectivity index (χ2v) is 22.9. The molecule has 0 spiro atoms. The van der Waals surface area contributed by atoms with E-state index in [1.165, 1.54) is 6.07 Å². The van der Waals surface area contributed by atoms with Crippen LogP contribution in [0.25, 0.3) is 0 Å². The minimum Gasteiger partial charge on any atom is -0.400 e. The van der Waals surface area contributed by atoms with Crippen molar-refractivity contribution < 1.29 is 51.1 Å². The number of nitrogens with two attached hydrogens (primary N) is 1. The molecule has 4 saturated heterocycles. The molecule has 4 amide bonds. The zero-order chi connectivity index (χ0) is 62.9. The van der Waals surface area contributed by atoms with Crippen LogP contribution >= 0.6 is 0 Å². The van der Waals surface area contributed by atoms with Gasteiger partial charge in [0, 0.05) is 170 Å². The van der Waals surface area contributed by atoms with Gasteiger partial charge in [0.25, 0.3) is 5.69 Å². The number of nitrogens with zero attached hydrogens (tertiary/aromatic N) is 13. The first-order valence-corrected chi connectivity index (χ1v) is 29.8. The van der Waals surface area contributed by atoms with Gasteiger partial charge in [-0.05, 0) is 152 Å². The monoisotopic (exact) mass is 1320 g/mol. The number of hydrogen-bond donors (Lipinski definition) is 4. The second kappa shape index (κ2) is 33.7. The fourth-order valence-corrected chi connectivity index (χ4v) is 11.3. The number of urea groups is 2. The van der Waals surface area contributed by atoms with E-state index in [1.54, 1.807) is 82.7 Å². The van der Waals surface area contributed by atoms with Crippen molar-refractivity contribution in [2.24, 2.45) is 11.8 Å². The molecule has 0 atom stereocenters. The van der Waals surface area contributed by atoms with Crippen LogP contribution in [0.1, 0.15) is 106 Å². The Morgan fingerprint density at radius 1 is 0.611 bits per heavy atom. The number of carbonyl (C=O) groups excluding carboxylic acids is 4. The van der Waals surface area contributed by atoms with Gasteiger partial charge in [0.2, 0.25) is 0 Å². The fourth-order valence-electron chi connectivity index (χ4n) is 11.3. The maximum absolute atomic E-state index is 13.0. The summed E-state index contributed by atoms with van der Waals surface area (Å²) in [5.74, 6) is 3.52. The number of amides is 4. The summed E-state index contributed by atoms with van der Waals surface area (Å²) in [5.41, 5.74) is 13.4.